The molecule has 110 valence electrons. The molecule has 1 fully saturated rings. The Labute approximate surface area is 122 Å². The Balaban J connectivity index is 1.95. The number of nitrogens with zero attached hydrogens (tertiary/aromatic N) is 1. The Hall–Kier alpha value is -1.35. The minimum absolute atomic E-state index is 0.302. The fourth-order valence-electron chi connectivity index (χ4n) is 2.85. The predicted octanol–water partition coefficient (Wildman–Crippen LogP) is 2.47. The first-order chi connectivity index (χ1) is 9.68. The summed E-state index contributed by atoms with van der Waals surface area (Å²) in [5, 5.41) is 3.44. The third-order valence-electron chi connectivity index (χ3n) is 4.07. The minimum atomic E-state index is 0.302. The summed E-state index contributed by atoms with van der Waals surface area (Å²) >= 11 is 0. The second-order valence-corrected chi connectivity index (χ2v) is 5.94. The molecule has 2 rings (SSSR count). The largest absolute Gasteiger partial charge is 0.338 e. The van der Waals surface area contributed by atoms with Gasteiger partial charge in [-0.05, 0) is 30.9 Å². The number of rotatable bonds is 4. The number of aryl methyl sites for hydroxylation is 1. The normalized spacial score (nSPS) is 19.9. The lowest BCUT2D eigenvalue weighted by molar-refractivity contribution is -0.134. The molecule has 0 aliphatic carbocycles. The first-order valence-electron chi connectivity index (χ1n) is 7.72. The summed E-state index contributed by atoms with van der Waals surface area (Å²) in [6.07, 6.45) is 2.52. The molecule has 0 radical (unpaired) electrons. The van der Waals surface area contributed by atoms with E-state index in [9.17, 15) is 4.79 Å². The van der Waals surface area contributed by atoms with Gasteiger partial charge in [-0.2, -0.15) is 0 Å². The first kappa shape index (κ1) is 15.0. The maximum Gasteiger partial charge on any atom is 0.223 e. The number of carbonyl (C=O) groups excluding carboxylic acids is 1. The van der Waals surface area contributed by atoms with Crippen LogP contribution in [0.25, 0.3) is 0 Å². The van der Waals surface area contributed by atoms with Crippen LogP contribution in [0.5, 0.6) is 0 Å². The minimum Gasteiger partial charge on any atom is -0.338 e. The number of carbonyl (C=O) groups is 1. The zero-order valence-corrected chi connectivity index (χ0v) is 12.6. The summed E-state index contributed by atoms with van der Waals surface area (Å²) in [6.45, 7) is 7.24. The fraction of sp³-hybridized carbons (Fsp3) is 0.588. The van der Waals surface area contributed by atoms with Crippen LogP contribution in [0.4, 0.5) is 0 Å². The maximum absolute atomic E-state index is 12.5. The van der Waals surface area contributed by atoms with Crippen molar-refractivity contribution in [2.45, 2.75) is 39.2 Å². The molecule has 1 N–H and O–H groups in total. The SMILES string of the molecule is CC(C)C1CNCCCN1C(=O)CCc1ccccc1. The Morgan fingerprint density at radius 2 is 2.10 bits per heavy atom. The summed E-state index contributed by atoms with van der Waals surface area (Å²) in [5.41, 5.74) is 1.25. The van der Waals surface area contributed by atoms with Crippen LogP contribution < -0.4 is 5.32 Å². The van der Waals surface area contributed by atoms with Crippen LogP contribution in [0.2, 0.25) is 0 Å². The van der Waals surface area contributed by atoms with Crippen LogP contribution >= 0.6 is 0 Å². The molecule has 1 aromatic rings. The summed E-state index contributed by atoms with van der Waals surface area (Å²) in [6, 6.07) is 10.6. The topological polar surface area (TPSA) is 32.3 Å². The van der Waals surface area contributed by atoms with Crippen molar-refractivity contribution in [3.63, 3.8) is 0 Å². The number of hydrogen-bond donors (Lipinski definition) is 1. The molecule has 20 heavy (non-hydrogen) atoms. The molecule has 1 aromatic carbocycles. The van der Waals surface area contributed by atoms with Gasteiger partial charge in [-0.1, -0.05) is 44.2 Å². The molecular formula is C17H26N2O. The predicted molar refractivity (Wildman–Crippen MR) is 82.6 cm³/mol. The van der Waals surface area contributed by atoms with Crippen molar-refractivity contribution in [3.05, 3.63) is 35.9 Å². The highest BCUT2D eigenvalue weighted by Gasteiger charge is 2.27. The number of hydrogen-bond acceptors (Lipinski definition) is 2. The molecule has 1 atom stereocenters. The van der Waals surface area contributed by atoms with Crippen molar-refractivity contribution >= 4 is 5.91 Å². The van der Waals surface area contributed by atoms with Gasteiger partial charge in [0.1, 0.15) is 0 Å². The van der Waals surface area contributed by atoms with E-state index in [2.05, 4.69) is 36.2 Å². The molecule has 0 spiro atoms. The summed E-state index contributed by atoms with van der Waals surface area (Å²) < 4.78 is 0. The second-order valence-electron chi connectivity index (χ2n) is 5.94. The summed E-state index contributed by atoms with van der Waals surface area (Å²) in [4.78, 5) is 14.6. The Morgan fingerprint density at radius 3 is 2.80 bits per heavy atom. The molecule has 0 saturated carbocycles. The highest BCUT2D eigenvalue weighted by molar-refractivity contribution is 5.77. The van der Waals surface area contributed by atoms with Crippen molar-refractivity contribution in [2.75, 3.05) is 19.6 Å². The van der Waals surface area contributed by atoms with Crippen LogP contribution in [0.3, 0.4) is 0 Å². The molecule has 1 aliphatic heterocycles. The molecule has 1 heterocycles. The molecule has 0 bridgehead atoms. The maximum atomic E-state index is 12.5. The van der Waals surface area contributed by atoms with Gasteiger partial charge in [0, 0.05) is 25.6 Å². The molecule has 1 aliphatic rings. The van der Waals surface area contributed by atoms with Gasteiger partial charge in [-0.25, -0.2) is 0 Å². The molecule has 1 amide bonds. The van der Waals surface area contributed by atoms with Gasteiger partial charge >= 0.3 is 0 Å². The van der Waals surface area contributed by atoms with Gasteiger partial charge in [-0.3, -0.25) is 4.79 Å². The Kier molecular flexibility index (Phi) is 5.60. The van der Waals surface area contributed by atoms with Crippen LogP contribution in [0, 0.1) is 5.92 Å². The van der Waals surface area contributed by atoms with Gasteiger partial charge in [0.25, 0.3) is 0 Å². The first-order valence-corrected chi connectivity index (χ1v) is 7.72. The average Bonchev–Trinajstić information content (AvgIpc) is 2.71. The zero-order valence-electron chi connectivity index (χ0n) is 12.6. The molecule has 3 heteroatoms. The highest BCUT2D eigenvalue weighted by Crippen LogP contribution is 2.15. The molecule has 0 aromatic heterocycles. The lowest BCUT2D eigenvalue weighted by Gasteiger charge is -2.32. The van der Waals surface area contributed by atoms with Crippen LogP contribution in [0.1, 0.15) is 32.3 Å². The van der Waals surface area contributed by atoms with Crippen LogP contribution in [-0.2, 0) is 11.2 Å². The summed E-state index contributed by atoms with van der Waals surface area (Å²) in [7, 11) is 0. The third-order valence-corrected chi connectivity index (χ3v) is 4.07. The van der Waals surface area contributed by atoms with Gasteiger partial charge < -0.3 is 10.2 Å². The average molecular weight is 274 g/mol. The van der Waals surface area contributed by atoms with E-state index in [0.717, 1.165) is 32.5 Å². The van der Waals surface area contributed by atoms with E-state index in [1.807, 2.05) is 18.2 Å². The van der Waals surface area contributed by atoms with Gasteiger partial charge in [-0.15, -0.1) is 0 Å². The zero-order chi connectivity index (χ0) is 14.4. The van der Waals surface area contributed by atoms with E-state index in [1.54, 1.807) is 0 Å². The molecular weight excluding hydrogens is 248 g/mol. The lowest BCUT2D eigenvalue weighted by atomic mass is 10.0. The van der Waals surface area contributed by atoms with Crippen molar-refractivity contribution in [2.24, 2.45) is 5.92 Å². The lowest BCUT2D eigenvalue weighted by Crippen LogP contribution is -2.46. The fourth-order valence-corrected chi connectivity index (χ4v) is 2.85. The Morgan fingerprint density at radius 1 is 1.35 bits per heavy atom. The van der Waals surface area contributed by atoms with E-state index in [1.165, 1.54) is 5.56 Å². The van der Waals surface area contributed by atoms with Crippen molar-refractivity contribution < 1.29 is 4.79 Å². The van der Waals surface area contributed by atoms with E-state index < -0.39 is 0 Å². The van der Waals surface area contributed by atoms with E-state index in [4.69, 9.17) is 0 Å². The number of nitrogens with one attached hydrogen (secondary N) is 1. The quantitative estimate of drug-likeness (QED) is 0.915. The molecule has 1 saturated heterocycles. The van der Waals surface area contributed by atoms with Crippen LogP contribution in [-0.4, -0.2) is 36.5 Å². The van der Waals surface area contributed by atoms with Gasteiger partial charge in [0.15, 0.2) is 0 Å². The number of benzene rings is 1. The van der Waals surface area contributed by atoms with Crippen molar-refractivity contribution in [3.8, 4) is 0 Å². The summed E-state index contributed by atoms with van der Waals surface area (Å²) in [5.74, 6) is 0.803. The molecule has 1 unspecified atom stereocenters. The van der Waals surface area contributed by atoms with Gasteiger partial charge in [0.2, 0.25) is 5.91 Å². The van der Waals surface area contributed by atoms with E-state index >= 15 is 0 Å². The molecule has 3 nitrogen and oxygen atoms in total. The van der Waals surface area contributed by atoms with Gasteiger partial charge in [0.05, 0.1) is 0 Å². The van der Waals surface area contributed by atoms with E-state index in [-0.39, 0.29) is 0 Å². The standard InChI is InChI=1S/C17H26N2O/c1-14(2)16-13-18-11-6-12-19(16)17(20)10-9-15-7-4-3-5-8-15/h3-5,7-8,14,16,18H,6,9-13H2,1-2H3. The van der Waals surface area contributed by atoms with Crippen molar-refractivity contribution in [1.82, 2.24) is 10.2 Å². The van der Waals surface area contributed by atoms with Crippen molar-refractivity contribution in [1.29, 1.82) is 0 Å². The van der Waals surface area contributed by atoms with Crippen LogP contribution in [0.15, 0.2) is 30.3 Å². The second kappa shape index (κ2) is 7.44. The third kappa shape index (κ3) is 4.07. The Bertz CT molecular complexity index is 416. The smallest absolute Gasteiger partial charge is 0.223 e. The monoisotopic (exact) mass is 274 g/mol. The number of amides is 1. The van der Waals surface area contributed by atoms with E-state index in [0.29, 0.717) is 24.3 Å². The highest BCUT2D eigenvalue weighted by atomic mass is 16.2.